The van der Waals surface area contributed by atoms with E-state index in [1.165, 1.54) is 0 Å². The summed E-state index contributed by atoms with van der Waals surface area (Å²) in [6.07, 6.45) is 1.96. The number of aliphatic hydroxyl groups is 3. The zero-order chi connectivity index (χ0) is 22.2. The first-order valence-corrected chi connectivity index (χ1v) is 10.6. The fraction of sp³-hybridized carbons (Fsp3) is 0.417. The van der Waals surface area contributed by atoms with E-state index in [0.717, 1.165) is 16.9 Å². The molecule has 2 aromatic rings. The van der Waals surface area contributed by atoms with Crippen molar-refractivity contribution in [3.63, 3.8) is 0 Å². The lowest BCUT2D eigenvalue weighted by atomic mass is 9.82. The van der Waals surface area contributed by atoms with Crippen LogP contribution in [-0.2, 0) is 21.7 Å². The first-order valence-electron chi connectivity index (χ1n) is 10.2. The molecule has 5 atom stereocenters. The maximum atomic E-state index is 10.5. The van der Waals surface area contributed by atoms with Gasteiger partial charge in [-0.1, -0.05) is 35.7 Å². The number of terminal acetylenes is 1. The van der Waals surface area contributed by atoms with E-state index >= 15 is 0 Å². The lowest BCUT2D eigenvalue weighted by Gasteiger charge is -2.44. The number of aliphatic hydroxyl groups excluding tert-OH is 3. The quantitative estimate of drug-likeness (QED) is 0.593. The van der Waals surface area contributed by atoms with Gasteiger partial charge in [-0.3, -0.25) is 0 Å². The predicted molar refractivity (Wildman–Crippen MR) is 115 cm³/mol. The van der Waals surface area contributed by atoms with Gasteiger partial charge in [-0.2, -0.15) is 0 Å². The zero-order valence-electron chi connectivity index (χ0n) is 17.1. The summed E-state index contributed by atoms with van der Waals surface area (Å²) in [7, 11) is 0. The molecule has 0 radical (unpaired) electrons. The van der Waals surface area contributed by atoms with Crippen molar-refractivity contribution in [1.29, 1.82) is 0 Å². The summed E-state index contributed by atoms with van der Waals surface area (Å²) in [5, 5.41) is 31.9. The van der Waals surface area contributed by atoms with E-state index in [-0.39, 0.29) is 13.0 Å². The molecule has 2 unspecified atom stereocenters. The van der Waals surface area contributed by atoms with Crippen LogP contribution in [0.5, 0.6) is 5.75 Å². The smallest absolute Gasteiger partial charge is 0.198 e. The third-order valence-corrected chi connectivity index (χ3v) is 6.33. The van der Waals surface area contributed by atoms with E-state index in [4.69, 9.17) is 32.2 Å². The molecule has 0 saturated carbocycles. The van der Waals surface area contributed by atoms with Crippen molar-refractivity contribution in [2.75, 3.05) is 13.2 Å². The molecule has 0 spiro atoms. The van der Waals surface area contributed by atoms with Crippen LogP contribution in [0.1, 0.15) is 30.0 Å². The van der Waals surface area contributed by atoms with Crippen molar-refractivity contribution < 1.29 is 29.5 Å². The van der Waals surface area contributed by atoms with Gasteiger partial charge in [0.15, 0.2) is 11.4 Å². The van der Waals surface area contributed by atoms with Crippen LogP contribution in [0, 0.1) is 12.3 Å². The number of hydrogen-bond acceptors (Lipinski definition) is 6. The van der Waals surface area contributed by atoms with E-state index in [9.17, 15) is 15.3 Å². The average molecular weight is 445 g/mol. The standard InChI is InChI=1S/C24H25ClO6/c1-3-21(27)23-14-30-24(31-23,13-20(26)22(23)28)17-7-10-19(25)16(12-17)11-15-5-8-18(9-6-15)29-4-2/h1,5-10,12,20-22,26-28H,4,11,13-14H2,2H3/t20?,21?,22-,23+,24+/m0/s1. The molecule has 0 aromatic heterocycles. The van der Waals surface area contributed by atoms with Gasteiger partial charge in [0.2, 0.25) is 0 Å². The summed E-state index contributed by atoms with van der Waals surface area (Å²) in [4.78, 5) is 0. The van der Waals surface area contributed by atoms with E-state index in [0.29, 0.717) is 23.6 Å². The highest BCUT2D eigenvalue weighted by Gasteiger charge is 2.65. The van der Waals surface area contributed by atoms with Crippen LogP contribution < -0.4 is 4.74 Å². The van der Waals surface area contributed by atoms with Crippen LogP contribution in [0.2, 0.25) is 5.02 Å². The van der Waals surface area contributed by atoms with Gasteiger partial charge in [-0.15, -0.1) is 6.42 Å². The molecule has 6 nitrogen and oxygen atoms in total. The molecule has 4 rings (SSSR count). The Kier molecular flexibility index (Phi) is 6.01. The van der Waals surface area contributed by atoms with E-state index < -0.39 is 29.7 Å². The molecule has 2 saturated heterocycles. The minimum absolute atomic E-state index is 0.00264. The van der Waals surface area contributed by atoms with Crippen LogP contribution in [0.25, 0.3) is 0 Å². The third kappa shape index (κ3) is 3.83. The second kappa shape index (κ2) is 8.44. The highest BCUT2D eigenvalue weighted by molar-refractivity contribution is 6.31. The molecular weight excluding hydrogens is 420 g/mol. The summed E-state index contributed by atoms with van der Waals surface area (Å²) < 4.78 is 17.5. The minimum Gasteiger partial charge on any atom is -0.494 e. The SMILES string of the molecule is C#CC(O)[C@]12CO[C@](c3ccc(Cl)c(Cc4ccc(OCC)cc4)c3)(CC(O)[C@@H]1O)O2. The van der Waals surface area contributed by atoms with Crippen molar-refractivity contribution in [3.8, 4) is 18.1 Å². The fourth-order valence-electron chi connectivity index (χ4n) is 4.29. The van der Waals surface area contributed by atoms with Gasteiger partial charge in [-0.05, 0) is 48.7 Å². The lowest BCUT2D eigenvalue weighted by molar-refractivity contribution is -0.288. The summed E-state index contributed by atoms with van der Waals surface area (Å²) in [6, 6.07) is 13.1. The van der Waals surface area contributed by atoms with Crippen LogP contribution >= 0.6 is 11.6 Å². The van der Waals surface area contributed by atoms with E-state index in [1.807, 2.05) is 37.3 Å². The van der Waals surface area contributed by atoms with Gasteiger partial charge >= 0.3 is 0 Å². The average Bonchev–Trinajstić information content (AvgIpc) is 3.12. The number of fused-ring (bicyclic) bond motifs is 2. The van der Waals surface area contributed by atoms with Crippen molar-refractivity contribution in [2.24, 2.45) is 0 Å². The Balaban J connectivity index is 1.64. The number of ether oxygens (including phenoxy) is 3. The van der Waals surface area contributed by atoms with Crippen molar-refractivity contribution in [1.82, 2.24) is 0 Å². The Morgan fingerprint density at radius 2 is 2.00 bits per heavy atom. The Morgan fingerprint density at radius 3 is 2.68 bits per heavy atom. The van der Waals surface area contributed by atoms with Crippen LogP contribution in [0.3, 0.4) is 0 Å². The molecule has 164 valence electrons. The molecule has 3 N–H and O–H groups in total. The highest BCUT2D eigenvalue weighted by Crippen LogP contribution is 2.51. The van der Waals surface area contributed by atoms with Crippen LogP contribution in [0.4, 0.5) is 0 Å². The van der Waals surface area contributed by atoms with Gasteiger partial charge in [0.05, 0.1) is 19.3 Å². The maximum absolute atomic E-state index is 10.5. The summed E-state index contributed by atoms with van der Waals surface area (Å²) >= 11 is 6.45. The molecule has 2 heterocycles. The Morgan fingerprint density at radius 1 is 1.26 bits per heavy atom. The van der Waals surface area contributed by atoms with Crippen molar-refractivity contribution in [3.05, 3.63) is 64.2 Å². The molecule has 2 aromatic carbocycles. The van der Waals surface area contributed by atoms with Crippen LogP contribution in [-0.4, -0.2) is 52.4 Å². The van der Waals surface area contributed by atoms with Gasteiger partial charge in [0.25, 0.3) is 0 Å². The van der Waals surface area contributed by atoms with Gasteiger partial charge in [0.1, 0.15) is 18.0 Å². The summed E-state index contributed by atoms with van der Waals surface area (Å²) in [5.74, 6) is 1.65. The first-order chi connectivity index (χ1) is 14.8. The summed E-state index contributed by atoms with van der Waals surface area (Å²) in [5.41, 5.74) is 0.932. The second-order valence-corrected chi connectivity index (χ2v) is 8.35. The van der Waals surface area contributed by atoms with Gasteiger partial charge in [0, 0.05) is 17.0 Å². The molecule has 2 aliphatic heterocycles. The predicted octanol–water partition coefficient (Wildman–Crippen LogP) is 2.39. The molecule has 2 bridgehead atoms. The molecular formula is C24H25ClO6. The minimum atomic E-state index is -1.60. The fourth-order valence-corrected chi connectivity index (χ4v) is 4.47. The third-order valence-electron chi connectivity index (χ3n) is 5.96. The van der Waals surface area contributed by atoms with Crippen LogP contribution in [0.15, 0.2) is 42.5 Å². The first kappa shape index (κ1) is 22.1. The largest absolute Gasteiger partial charge is 0.494 e. The Bertz CT molecular complexity index is 987. The van der Waals surface area contributed by atoms with Gasteiger partial charge in [-0.25, -0.2) is 0 Å². The molecule has 31 heavy (non-hydrogen) atoms. The highest BCUT2D eigenvalue weighted by atomic mass is 35.5. The van der Waals surface area contributed by atoms with E-state index in [2.05, 4.69) is 5.92 Å². The molecule has 0 aliphatic carbocycles. The number of halogens is 1. The molecule has 2 aliphatic rings. The number of rotatable bonds is 6. The Labute approximate surface area is 186 Å². The number of hydrogen-bond donors (Lipinski definition) is 3. The second-order valence-electron chi connectivity index (χ2n) is 7.94. The van der Waals surface area contributed by atoms with E-state index in [1.54, 1.807) is 12.1 Å². The monoisotopic (exact) mass is 444 g/mol. The molecule has 0 amide bonds. The zero-order valence-corrected chi connectivity index (χ0v) is 17.9. The van der Waals surface area contributed by atoms with Crippen molar-refractivity contribution >= 4 is 11.6 Å². The normalized spacial score (nSPS) is 30.6. The number of benzene rings is 2. The Hall–Kier alpha value is -2.11. The van der Waals surface area contributed by atoms with Crippen molar-refractivity contribution in [2.45, 2.75) is 49.5 Å². The maximum Gasteiger partial charge on any atom is 0.198 e. The van der Waals surface area contributed by atoms with Gasteiger partial charge < -0.3 is 29.5 Å². The topological polar surface area (TPSA) is 88.4 Å². The lowest BCUT2D eigenvalue weighted by Crippen LogP contribution is -2.62. The summed E-state index contributed by atoms with van der Waals surface area (Å²) in [6.45, 7) is 2.39. The molecule has 2 fully saturated rings. The molecule has 7 heteroatoms.